The first-order chi connectivity index (χ1) is 15.0. The number of piperidine rings is 1. The van der Waals surface area contributed by atoms with Crippen LogP contribution >= 0.6 is 24.0 Å². The molecule has 2 N–H and O–H groups in total. The third kappa shape index (κ3) is 8.71. The lowest BCUT2D eigenvalue weighted by atomic mass is 9.97. The average Bonchev–Trinajstić information content (AvgIpc) is 2.75. The fraction of sp³-hybridized carbons (Fsp3) is 0.500. The maximum absolute atomic E-state index is 4.85. The van der Waals surface area contributed by atoms with Crippen molar-refractivity contribution in [1.29, 1.82) is 0 Å². The Balaban J connectivity index is 0.00000363. The largest absolute Gasteiger partial charge is 0.357 e. The van der Waals surface area contributed by atoms with Gasteiger partial charge in [0.15, 0.2) is 5.96 Å². The van der Waals surface area contributed by atoms with Gasteiger partial charge in [0.1, 0.15) is 0 Å². The first-order valence-electron chi connectivity index (χ1n) is 11.6. The SMILES string of the molecule is CCNC(=NCc1ccc(CN(C)C)cc1)NC1CCN(Cc2ccccc2)C(C)C1.I. The van der Waals surface area contributed by atoms with E-state index in [0.717, 1.165) is 45.0 Å². The number of benzene rings is 2. The molecule has 2 unspecified atom stereocenters. The predicted molar refractivity (Wildman–Crippen MR) is 147 cm³/mol. The molecule has 6 heteroatoms. The summed E-state index contributed by atoms with van der Waals surface area (Å²) in [5.74, 6) is 0.925. The summed E-state index contributed by atoms with van der Waals surface area (Å²) in [5, 5.41) is 7.11. The Hall–Kier alpha value is -1.64. The van der Waals surface area contributed by atoms with Crippen molar-refractivity contribution in [2.75, 3.05) is 27.2 Å². The minimum Gasteiger partial charge on any atom is -0.357 e. The highest BCUT2D eigenvalue weighted by atomic mass is 127. The van der Waals surface area contributed by atoms with Crippen LogP contribution in [-0.2, 0) is 19.6 Å². The topological polar surface area (TPSA) is 42.9 Å². The summed E-state index contributed by atoms with van der Waals surface area (Å²) in [6, 6.07) is 20.6. The van der Waals surface area contributed by atoms with Gasteiger partial charge in [0, 0.05) is 38.3 Å². The highest BCUT2D eigenvalue weighted by Crippen LogP contribution is 2.20. The van der Waals surface area contributed by atoms with Gasteiger partial charge in [-0.25, -0.2) is 4.99 Å². The first kappa shape index (κ1) is 26.6. The summed E-state index contributed by atoms with van der Waals surface area (Å²) >= 11 is 0. The third-order valence-corrected chi connectivity index (χ3v) is 5.87. The molecular formula is C26H40IN5. The molecule has 3 rings (SSSR count). The van der Waals surface area contributed by atoms with Crippen LogP contribution in [0.5, 0.6) is 0 Å². The fourth-order valence-electron chi connectivity index (χ4n) is 4.20. The molecule has 0 saturated carbocycles. The lowest BCUT2D eigenvalue weighted by molar-refractivity contribution is 0.134. The highest BCUT2D eigenvalue weighted by Gasteiger charge is 2.25. The van der Waals surface area contributed by atoms with Crippen LogP contribution in [0.15, 0.2) is 59.6 Å². The normalized spacial score (nSPS) is 19.5. The van der Waals surface area contributed by atoms with Crippen LogP contribution in [0, 0.1) is 0 Å². The molecule has 2 atom stereocenters. The lowest BCUT2D eigenvalue weighted by Gasteiger charge is -2.38. The molecule has 2 aromatic rings. The van der Waals surface area contributed by atoms with Gasteiger partial charge < -0.3 is 15.5 Å². The smallest absolute Gasteiger partial charge is 0.191 e. The molecule has 2 aromatic carbocycles. The van der Waals surface area contributed by atoms with E-state index in [9.17, 15) is 0 Å². The summed E-state index contributed by atoms with van der Waals surface area (Å²) in [7, 11) is 4.19. The summed E-state index contributed by atoms with van der Waals surface area (Å²) < 4.78 is 0. The summed E-state index contributed by atoms with van der Waals surface area (Å²) in [4.78, 5) is 9.63. The van der Waals surface area contributed by atoms with Crippen molar-refractivity contribution in [1.82, 2.24) is 20.4 Å². The molecule has 5 nitrogen and oxygen atoms in total. The Bertz CT molecular complexity index is 807. The zero-order valence-corrected chi connectivity index (χ0v) is 22.4. The van der Waals surface area contributed by atoms with Crippen LogP contribution in [0.2, 0.25) is 0 Å². The number of hydrogen-bond donors (Lipinski definition) is 2. The molecule has 0 aromatic heterocycles. The van der Waals surface area contributed by atoms with Crippen molar-refractivity contribution >= 4 is 29.9 Å². The number of rotatable bonds is 8. The standard InChI is InChI=1S/C26H39N5.HI/c1-5-27-26(28-18-22-11-13-24(14-12-22)19-30(3)4)29-25-15-16-31(21(2)17-25)20-23-9-7-6-8-10-23;/h6-14,21,25H,5,15-20H2,1-4H3,(H2,27,28,29);1H. The van der Waals surface area contributed by atoms with E-state index in [1.165, 1.54) is 16.7 Å². The van der Waals surface area contributed by atoms with Gasteiger partial charge in [-0.3, -0.25) is 4.90 Å². The zero-order chi connectivity index (χ0) is 22.1. The van der Waals surface area contributed by atoms with Gasteiger partial charge in [-0.2, -0.15) is 0 Å². The van der Waals surface area contributed by atoms with Gasteiger partial charge in [0.25, 0.3) is 0 Å². The minimum atomic E-state index is 0. The highest BCUT2D eigenvalue weighted by molar-refractivity contribution is 14.0. The summed E-state index contributed by atoms with van der Waals surface area (Å²) in [6.07, 6.45) is 2.28. The van der Waals surface area contributed by atoms with Gasteiger partial charge in [0.2, 0.25) is 0 Å². The van der Waals surface area contributed by atoms with E-state index < -0.39 is 0 Å². The zero-order valence-electron chi connectivity index (χ0n) is 20.1. The molecule has 1 aliphatic rings. The van der Waals surface area contributed by atoms with E-state index in [1.807, 2.05) is 0 Å². The van der Waals surface area contributed by atoms with E-state index in [4.69, 9.17) is 4.99 Å². The van der Waals surface area contributed by atoms with E-state index in [1.54, 1.807) is 0 Å². The van der Waals surface area contributed by atoms with Crippen LogP contribution < -0.4 is 10.6 Å². The van der Waals surface area contributed by atoms with Crippen molar-refractivity contribution < 1.29 is 0 Å². The van der Waals surface area contributed by atoms with Crippen molar-refractivity contribution in [2.45, 2.75) is 58.4 Å². The lowest BCUT2D eigenvalue weighted by Crippen LogP contribution is -2.51. The number of guanidine groups is 1. The van der Waals surface area contributed by atoms with Crippen LogP contribution in [0.3, 0.4) is 0 Å². The predicted octanol–water partition coefficient (Wildman–Crippen LogP) is 4.47. The van der Waals surface area contributed by atoms with Gasteiger partial charge in [-0.15, -0.1) is 24.0 Å². The Kier molecular flexibility index (Phi) is 11.5. The second-order valence-electron chi connectivity index (χ2n) is 8.92. The summed E-state index contributed by atoms with van der Waals surface area (Å²) in [5.41, 5.74) is 3.97. The van der Waals surface area contributed by atoms with Gasteiger partial charge in [-0.1, -0.05) is 54.6 Å². The Morgan fingerprint density at radius 2 is 1.72 bits per heavy atom. The summed E-state index contributed by atoms with van der Waals surface area (Å²) in [6.45, 7) is 9.15. The minimum absolute atomic E-state index is 0. The number of likely N-dealkylation sites (tertiary alicyclic amines) is 1. The molecule has 32 heavy (non-hydrogen) atoms. The maximum atomic E-state index is 4.85. The molecule has 0 radical (unpaired) electrons. The molecule has 176 valence electrons. The Morgan fingerprint density at radius 3 is 2.34 bits per heavy atom. The second-order valence-corrected chi connectivity index (χ2v) is 8.92. The molecule has 1 fully saturated rings. The quantitative estimate of drug-likeness (QED) is 0.290. The molecule has 0 aliphatic carbocycles. The van der Waals surface area contributed by atoms with Crippen LogP contribution in [0.4, 0.5) is 0 Å². The maximum Gasteiger partial charge on any atom is 0.191 e. The van der Waals surface area contributed by atoms with E-state index >= 15 is 0 Å². The Morgan fingerprint density at radius 1 is 1.03 bits per heavy atom. The monoisotopic (exact) mass is 549 g/mol. The molecule has 1 saturated heterocycles. The molecule has 0 bridgehead atoms. The molecule has 0 spiro atoms. The van der Waals surface area contributed by atoms with Gasteiger partial charge >= 0.3 is 0 Å². The van der Waals surface area contributed by atoms with E-state index in [2.05, 4.69) is 103 Å². The van der Waals surface area contributed by atoms with Crippen molar-refractivity contribution in [3.63, 3.8) is 0 Å². The molecule has 1 heterocycles. The fourth-order valence-corrected chi connectivity index (χ4v) is 4.20. The average molecular weight is 550 g/mol. The number of nitrogens with one attached hydrogen (secondary N) is 2. The van der Waals surface area contributed by atoms with E-state index in [0.29, 0.717) is 18.6 Å². The number of halogens is 1. The van der Waals surface area contributed by atoms with Crippen LogP contribution in [0.1, 0.15) is 43.4 Å². The third-order valence-electron chi connectivity index (χ3n) is 5.87. The van der Waals surface area contributed by atoms with Crippen molar-refractivity contribution in [2.24, 2.45) is 4.99 Å². The molecule has 0 amide bonds. The number of nitrogens with zero attached hydrogens (tertiary/aromatic N) is 3. The van der Waals surface area contributed by atoms with Crippen molar-refractivity contribution in [3.05, 3.63) is 71.3 Å². The Labute approximate surface area is 211 Å². The second kappa shape index (κ2) is 13.8. The van der Waals surface area contributed by atoms with Crippen LogP contribution in [0.25, 0.3) is 0 Å². The van der Waals surface area contributed by atoms with E-state index in [-0.39, 0.29) is 24.0 Å². The first-order valence-corrected chi connectivity index (χ1v) is 11.6. The van der Waals surface area contributed by atoms with Crippen molar-refractivity contribution in [3.8, 4) is 0 Å². The van der Waals surface area contributed by atoms with Gasteiger partial charge in [-0.05, 0) is 57.5 Å². The van der Waals surface area contributed by atoms with Crippen LogP contribution in [-0.4, -0.2) is 55.0 Å². The molecule has 1 aliphatic heterocycles. The number of hydrogen-bond acceptors (Lipinski definition) is 3. The number of aliphatic imine (C=N–C) groups is 1. The van der Waals surface area contributed by atoms with Gasteiger partial charge in [0.05, 0.1) is 6.54 Å². The molecular weight excluding hydrogens is 509 g/mol.